The third kappa shape index (κ3) is 4.14. The summed E-state index contributed by atoms with van der Waals surface area (Å²) in [6, 6.07) is 22.2. The Hall–Kier alpha value is -2.37. The van der Waals surface area contributed by atoms with E-state index in [1.807, 2.05) is 30.3 Å². The molecule has 0 fully saturated rings. The Morgan fingerprint density at radius 2 is 1.53 bits per heavy atom. The Labute approximate surface area is 224 Å². The van der Waals surface area contributed by atoms with Crippen molar-refractivity contribution < 1.29 is 8.84 Å². The topological polar surface area (TPSA) is 35.3 Å². The number of hydrogen-bond donors (Lipinski definition) is 0. The quantitative estimate of drug-likeness (QED) is 0.230. The lowest BCUT2D eigenvalue weighted by molar-refractivity contribution is 0.198. The van der Waals surface area contributed by atoms with Crippen molar-refractivity contribution in [2.75, 3.05) is 0 Å². The van der Waals surface area contributed by atoms with E-state index in [0.29, 0.717) is 21.1 Å². The highest BCUT2D eigenvalue weighted by Crippen LogP contribution is 2.47. The fourth-order valence-corrected chi connectivity index (χ4v) is 11.1. The molecule has 186 valence electrons. The summed E-state index contributed by atoms with van der Waals surface area (Å²) in [5.41, 5.74) is 5.95. The van der Waals surface area contributed by atoms with Gasteiger partial charge in [0.1, 0.15) is 11.5 Å². The molecule has 0 N–H and O–H groups in total. The van der Waals surface area contributed by atoms with Crippen LogP contribution < -0.4 is 5.19 Å². The second-order valence-corrected chi connectivity index (χ2v) is 15.5. The molecule has 3 nitrogen and oxygen atoms in total. The van der Waals surface area contributed by atoms with Crippen molar-refractivity contribution >= 4 is 36.7 Å². The van der Waals surface area contributed by atoms with Crippen LogP contribution >= 0.6 is 23.2 Å². The number of pyridine rings is 1. The van der Waals surface area contributed by atoms with Gasteiger partial charge in [-0.1, -0.05) is 88.2 Å². The fourth-order valence-electron chi connectivity index (χ4n) is 5.62. The van der Waals surface area contributed by atoms with Gasteiger partial charge in [0.25, 0.3) is 0 Å². The fraction of sp³-hybridized carbons (Fsp3) is 0.300. The van der Waals surface area contributed by atoms with Gasteiger partial charge in [-0.25, -0.2) is 4.98 Å². The van der Waals surface area contributed by atoms with Gasteiger partial charge >= 0.3 is 0 Å². The molecule has 36 heavy (non-hydrogen) atoms. The normalized spacial score (nSPS) is 16.6. The van der Waals surface area contributed by atoms with Crippen LogP contribution in [0.4, 0.5) is 0 Å². The molecule has 2 aromatic heterocycles. The van der Waals surface area contributed by atoms with Crippen LogP contribution in [0.2, 0.25) is 21.1 Å². The van der Waals surface area contributed by atoms with Gasteiger partial charge in [0.15, 0.2) is 5.76 Å². The molecule has 0 radical (unpaired) electrons. The molecule has 1 aliphatic rings. The first-order valence-electron chi connectivity index (χ1n) is 12.6. The smallest absolute Gasteiger partial charge is 0.232 e. The maximum atomic E-state index is 7.08. The highest BCUT2D eigenvalue weighted by Gasteiger charge is 2.54. The van der Waals surface area contributed by atoms with Gasteiger partial charge in [0.2, 0.25) is 8.32 Å². The summed E-state index contributed by atoms with van der Waals surface area (Å²) in [5.74, 6) is 1.45. The minimum atomic E-state index is -2.32. The Morgan fingerprint density at radius 3 is 2.17 bits per heavy atom. The van der Waals surface area contributed by atoms with E-state index in [1.54, 1.807) is 6.07 Å². The number of benzene rings is 2. The van der Waals surface area contributed by atoms with Crippen molar-refractivity contribution in [3.63, 3.8) is 0 Å². The molecule has 1 aliphatic heterocycles. The molecule has 0 saturated carbocycles. The zero-order valence-corrected chi connectivity index (χ0v) is 23.8. The monoisotopic (exact) mass is 535 g/mol. The predicted molar refractivity (Wildman–Crippen MR) is 153 cm³/mol. The summed E-state index contributed by atoms with van der Waals surface area (Å²) in [4.78, 5) is 5.27. The van der Waals surface area contributed by atoms with E-state index in [-0.39, 0.29) is 6.10 Å². The standard InChI is InChI=1S/C30H31Cl2NO2Si/c1-6-26-22-17-25(28-15-14-27(34-28)21-12-13-23(31)24(32)16-21)33-29(20-10-8-7-9-11-20)30(22)36(35-26,18(2)3)19(4)5/h7-19,26H,6H2,1-5H3/t26-/m1/s1. The molecule has 0 amide bonds. The number of aromatic nitrogens is 1. The first-order valence-corrected chi connectivity index (χ1v) is 15.4. The molecular weight excluding hydrogens is 505 g/mol. The lowest BCUT2D eigenvalue weighted by Gasteiger charge is -2.36. The molecule has 5 rings (SSSR count). The summed E-state index contributed by atoms with van der Waals surface area (Å²) in [7, 11) is -2.32. The van der Waals surface area contributed by atoms with E-state index in [2.05, 4.69) is 65.0 Å². The van der Waals surface area contributed by atoms with Crippen LogP contribution in [0.1, 0.15) is 52.7 Å². The molecule has 4 aromatic rings. The number of hydrogen-bond acceptors (Lipinski definition) is 3. The van der Waals surface area contributed by atoms with Crippen molar-refractivity contribution in [2.45, 2.75) is 58.2 Å². The lowest BCUT2D eigenvalue weighted by Crippen LogP contribution is -2.53. The summed E-state index contributed by atoms with van der Waals surface area (Å²) in [5, 5.41) is 2.37. The van der Waals surface area contributed by atoms with Crippen LogP contribution in [-0.4, -0.2) is 13.3 Å². The maximum absolute atomic E-state index is 7.08. The van der Waals surface area contributed by atoms with E-state index < -0.39 is 8.32 Å². The highest BCUT2D eigenvalue weighted by molar-refractivity contribution is 6.90. The molecule has 0 saturated heterocycles. The van der Waals surface area contributed by atoms with Gasteiger partial charge in [-0.3, -0.25) is 0 Å². The average Bonchev–Trinajstić information content (AvgIpc) is 3.49. The number of fused-ring (bicyclic) bond motifs is 1. The van der Waals surface area contributed by atoms with Crippen molar-refractivity contribution in [2.24, 2.45) is 0 Å². The maximum Gasteiger partial charge on any atom is 0.232 e. The molecule has 0 aliphatic carbocycles. The first-order chi connectivity index (χ1) is 17.3. The van der Waals surface area contributed by atoms with Crippen LogP contribution in [0.5, 0.6) is 0 Å². The van der Waals surface area contributed by atoms with Crippen molar-refractivity contribution in [3.8, 4) is 34.0 Å². The van der Waals surface area contributed by atoms with Crippen LogP contribution in [0.15, 0.2) is 71.1 Å². The molecular formula is C30H31Cl2NO2Si. The first kappa shape index (κ1) is 25.3. The minimum Gasteiger partial charge on any atom is -0.454 e. The van der Waals surface area contributed by atoms with E-state index >= 15 is 0 Å². The zero-order chi connectivity index (χ0) is 25.6. The molecule has 3 heterocycles. The third-order valence-electron chi connectivity index (χ3n) is 7.32. The largest absolute Gasteiger partial charge is 0.454 e. The Kier molecular flexibility index (Phi) is 6.90. The average molecular weight is 537 g/mol. The third-order valence-corrected chi connectivity index (χ3v) is 13.5. The second kappa shape index (κ2) is 9.83. The minimum absolute atomic E-state index is 0.0604. The van der Waals surface area contributed by atoms with Gasteiger partial charge in [0.05, 0.1) is 21.8 Å². The highest BCUT2D eigenvalue weighted by atomic mass is 35.5. The lowest BCUT2D eigenvalue weighted by atomic mass is 10.0. The second-order valence-electron chi connectivity index (χ2n) is 10.1. The SMILES string of the molecule is CC[C@H]1O[Si](C(C)C)(C(C)C)c2c1cc(-c1ccc(-c3ccc(Cl)c(Cl)c3)o1)nc2-c1ccccc1. The van der Waals surface area contributed by atoms with E-state index in [9.17, 15) is 0 Å². The van der Waals surface area contributed by atoms with Gasteiger partial charge < -0.3 is 8.84 Å². The van der Waals surface area contributed by atoms with Crippen LogP contribution in [0.25, 0.3) is 34.0 Å². The van der Waals surface area contributed by atoms with Crippen molar-refractivity contribution in [1.29, 1.82) is 0 Å². The Balaban J connectivity index is 1.72. The molecule has 0 unspecified atom stereocenters. The van der Waals surface area contributed by atoms with E-state index in [0.717, 1.165) is 40.5 Å². The van der Waals surface area contributed by atoms with Gasteiger partial charge in [-0.05, 0) is 59.5 Å². The number of nitrogens with zero attached hydrogens (tertiary/aromatic N) is 1. The van der Waals surface area contributed by atoms with Crippen molar-refractivity contribution in [1.82, 2.24) is 4.98 Å². The summed E-state index contributed by atoms with van der Waals surface area (Å²) >= 11 is 12.4. The van der Waals surface area contributed by atoms with Crippen molar-refractivity contribution in [3.05, 3.63) is 82.3 Å². The van der Waals surface area contributed by atoms with Crippen LogP contribution in [0.3, 0.4) is 0 Å². The number of rotatable bonds is 6. The molecule has 0 spiro atoms. The van der Waals surface area contributed by atoms with Gasteiger partial charge in [0, 0.05) is 16.3 Å². The summed E-state index contributed by atoms with van der Waals surface area (Å²) in [6.07, 6.45) is 0.983. The molecule has 6 heteroatoms. The Bertz CT molecular complexity index is 1390. The number of halogens is 2. The van der Waals surface area contributed by atoms with Gasteiger partial charge in [-0.2, -0.15) is 0 Å². The molecule has 0 bridgehead atoms. The zero-order valence-electron chi connectivity index (χ0n) is 21.3. The van der Waals surface area contributed by atoms with E-state index in [4.69, 9.17) is 37.0 Å². The van der Waals surface area contributed by atoms with Gasteiger partial charge in [-0.15, -0.1) is 0 Å². The molecule has 2 aromatic carbocycles. The van der Waals surface area contributed by atoms with Crippen LogP contribution in [0, 0.1) is 0 Å². The van der Waals surface area contributed by atoms with Crippen LogP contribution in [-0.2, 0) is 4.43 Å². The summed E-state index contributed by atoms with van der Waals surface area (Å²) in [6.45, 7) is 11.5. The summed E-state index contributed by atoms with van der Waals surface area (Å²) < 4.78 is 13.4. The number of furan rings is 1. The van der Waals surface area contributed by atoms with E-state index in [1.165, 1.54) is 10.8 Å². The molecule has 1 atom stereocenters. The Morgan fingerprint density at radius 1 is 0.833 bits per heavy atom. The predicted octanol–water partition coefficient (Wildman–Crippen LogP) is 9.44.